The summed E-state index contributed by atoms with van der Waals surface area (Å²) in [5.41, 5.74) is 0. The summed E-state index contributed by atoms with van der Waals surface area (Å²) in [6.07, 6.45) is 0. The first-order chi connectivity index (χ1) is 6.59. The zero-order valence-electron chi connectivity index (χ0n) is 6.82. The van der Waals surface area contributed by atoms with Crippen LogP contribution in [0.25, 0.3) is 10.1 Å². The number of rotatable bonds is 1. The molecule has 0 aliphatic carbocycles. The molecule has 5 heteroatoms. The van der Waals surface area contributed by atoms with Gasteiger partial charge in [-0.05, 0) is 40.8 Å². The summed E-state index contributed by atoms with van der Waals surface area (Å²) in [5, 5.41) is 18.9. The molecular formula is C9H5IO3S. The largest absolute Gasteiger partial charge is 0.508 e. The smallest absolute Gasteiger partial charge is 0.347 e. The van der Waals surface area contributed by atoms with Gasteiger partial charge in [0.2, 0.25) is 0 Å². The number of phenols is 1. The number of halogens is 1. The van der Waals surface area contributed by atoms with E-state index in [9.17, 15) is 9.90 Å². The number of fused-ring (bicyclic) bond motifs is 1. The van der Waals surface area contributed by atoms with Gasteiger partial charge in [0, 0.05) is 13.7 Å². The number of hydrogen-bond donors (Lipinski definition) is 2. The molecule has 72 valence electrons. The van der Waals surface area contributed by atoms with Crippen LogP contribution in [0.15, 0.2) is 18.2 Å². The fourth-order valence-corrected chi connectivity index (χ4v) is 3.30. The van der Waals surface area contributed by atoms with Crippen LogP contribution >= 0.6 is 33.9 Å². The fourth-order valence-electron chi connectivity index (χ4n) is 1.19. The summed E-state index contributed by atoms with van der Waals surface area (Å²) in [7, 11) is 0. The third-order valence-electron chi connectivity index (χ3n) is 1.81. The van der Waals surface area contributed by atoms with Gasteiger partial charge in [0.05, 0.1) is 0 Å². The first-order valence-electron chi connectivity index (χ1n) is 3.74. The second-order valence-corrected chi connectivity index (χ2v) is 4.86. The van der Waals surface area contributed by atoms with Crippen LogP contribution in [0.3, 0.4) is 0 Å². The molecule has 1 aromatic carbocycles. The maximum atomic E-state index is 10.8. The van der Waals surface area contributed by atoms with E-state index in [0.717, 1.165) is 10.1 Å². The molecule has 0 spiro atoms. The van der Waals surface area contributed by atoms with Gasteiger partial charge < -0.3 is 10.2 Å². The molecule has 0 bridgehead atoms. The summed E-state index contributed by atoms with van der Waals surface area (Å²) in [5.74, 6) is -0.764. The van der Waals surface area contributed by atoms with Crippen molar-refractivity contribution in [1.29, 1.82) is 0 Å². The second kappa shape index (κ2) is 3.39. The van der Waals surface area contributed by atoms with E-state index in [-0.39, 0.29) is 5.75 Å². The van der Waals surface area contributed by atoms with Crippen LogP contribution in [-0.2, 0) is 0 Å². The molecule has 0 radical (unpaired) electrons. The lowest BCUT2D eigenvalue weighted by Crippen LogP contribution is -1.93. The lowest BCUT2D eigenvalue weighted by molar-refractivity contribution is 0.0701. The summed E-state index contributed by atoms with van der Waals surface area (Å²) in [6.45, 7) is 0. The van der Waals surface area contributed by atoms with Gasteiger partial charge in [-0.15, -0.1) is 11.3 Å². The number of thiophene rings is 1. The number of carbonyl (C=O) groups is 1. The molecule has 2 N–H and O–H groups in total. The molecule has 0 unspecified atom stereocenters. The highest BCUT2D eigenvalue weighted by atomic mass is 127. The van der Waals surface area contributed by atoms with Crippen molar-refractivity contribution in [3.63, 3.8) is 0 Å². The monoisotopic (exact) mass is 320 g/mol. The van der Waals surface area contributed by atoms with E-state index in [2.05, 4.69) is 0 Å². The second-order valence-electron chi connectivity index (χ2n) is 2.73. The Balaban J connectivity index is 2.80. The average Bonchev–Trinajstić information content (AvgIpc) is 2.44. The first kappa shape index (κ1) is 9.72. The van der Waals surface area contributed by atoms with Gasteiger partial charge >= 0.3 is 5.97 Å². The van der Waals surface area contributed by atoms with Crippen LogP contribution < -0.4 is 0 Å². The number of phenolic OH excluding ortho intramolecular Hbond substituents is 1. The van der Waals surface area contributed by atoms with Crippen molar-refractivity contribution in [1.82, 2.24) is 0 Å². The van der Waals surface area contributed by atoms with Gasteiger partial charge in [-0.25, -0.2) is 4.79 Å². The predicted octanol–water partition coefficient (Wildman–Crippen LogP) is 2.91. The number of hydrogen-bond acceptors (Lipinski definition) is 3. The Kier molecular flexibility index (Phi) is 2.36. The minimum Gasteiger partial charge on any atom is -0.508 e. The van der Waals surface area contributed by atoms with E-state index >= 15 is 0 Å². The Morgan fingerprint density at radius 1 is 1.43 bits per heavy atom. The van der Waals surface area contributed by atoms with Gasteiger partial charge in [0.25, 0.3) is 0 Å². The zero-order chi connectivity index (χ0) is 10.3. The Hall–Kier alpha value is -0.820. The topological polar surface area (TPSA) is 57.5 Å². The molecule has 0 atom stereocenters. The third kappa shape index (κ3) is 1.46. The summed E-state index contributed by atoms with van der Waals surface area (Å²) in [4.78, 5) is 11.1. The molecule has 1 aromatic heterocycles. The van der Waals surface area contributed by atoms with Crippen molar-refractivity contribution in [2.75, 3.05) is 0 Å². The van der Waals surface area contributed by atoms with Gasteiger partial charge in [0.15, 0.2) is 0 Å². The highest BCUT2D eigenvalue weighted by molar-refractivity contribution is 14.1. The fraction of sp³-hybridized carbons (Fsp3) is 0. The minimum atomic E-state index is -0.921. The molecule has 2 aromatic rings. The van der Waals surface area contributed by atoms with Crippen molar-refractivity contribution in [2.24, 2.45) is 0 Å². The lowest BCUT2D eigenvalue weighted by atomic mass is 10.2. The van der Waals surface area contributed by atoms with Crippen molar-refractivity contribution in [3.8, 4) is 5.75 Å². The minimum absolute atomic E-state index is 0.158. The van der Waals surface area contributed by atoms with Crippen LogP contribution in [0.2, 0.25) is 0 Å². The molecule has 0 saturated heterocycles. The maximum absolute atomic E-state index is 10.8. The zero-order valence-corrected chi connectivity index (χ0v) is 9.79. The lowest BCUT2D eigenvalue weighted by Gasteiger charge is -1.92. The van der Waals surface area contributed by atoms with E-state index in [0.29, 0.717) is 8.45 Å². The quantitative estimate of drug-likeness (QED) is 0.795. The van der Waals surface area contributed by atoms with Crippen LogP contribution in [0.1, 0.15) is 9.67 Å². The van der Waals surface area contributed by atoms with Crippen LogP contribution in [0, 0.1) is 3.57 Å². The Morgan fingerprint density at radius 3 is 2.79 bits per heavy atom. The Morgan fingerprint density at radius 2 is 2.14 bits per heavy atom. The highest BCUT2D eigenvalue weighted by Crippen LogP contribution is 2.34. The molecule has 0 aliphatic heterocycles. The molecule has 0 fully saturated rings. The van der Waals surface area contributed by atoms with Crippen molar-refractivity contribution in [2.45, 2.75) is 0 Å². The van der Waals surface area contributed by atoms with E-state index in [4.69, 9.17) is 5.11 Å². The van der Waals surface area contributed by atoms with Crippen molar-refractivity contribution < 1.29 is 15.0 Å². The number of benzene rings is 1. The number of aromatic carboxylic acids is 1. The molecule has 14 heavy (non-hydrogen) atoms. The maximum Gasteiger partial charge on any atom is 0.347 e. The summed E-state index contributed by atoms with van der Waals surface area (Å²) in [6, 6.07) is 4.87. The van der Waals surface area contributed by atoms with Crippen molar-refractivity contribution in [3.05, 3.63) is 26.6 Å². The predicted molar refractivity (Wildman–Crippen MR) is 63.2 cm³/mol. The van der Waals surface area contributed by atoms with Gasteiger partial charge in [0.1, 0.15) is 10.6 Å². The molecule has 2 rings (SSSR count). The third-order valence-corrected chi connectivity index (χ3v) is 4.45. The van der Waals surface area contributed by atoms with Gasteiger partial charge in [-0.2, -0.15) is 0 Å². The van der Waals surface area contributed by atoms with Crippen LogP contribution in [0.4, 0.5) is 0 Å². The van der Waals surface area contributed by atoms with E-state index in [1.165, 1.54) is 11.3 Å². The number of aromatic hydroxyl groups is 1. The highest BCUT2D eigenvalue weighted by Gasteiger charge is 2.15. The first-order valence-corrected chi connectivity index (χ1v) is 5.63. The molecule has 0 aliphatic rings. The molecule has 1 heterocycles. The molecule has 0 saturated carbocycles. The Bertz CT molecular complexity index is 518. The normalized spacial score (nSPS) is 10.6. The van der Waals surface area contributed by atoms with Crippen molar-refractivity contribution >= 4 is 50.0 Å². The summed E-state index contributed by atoms with van der Waals surface area (Å²) >= 11 is 3.21. The number of carboxylic acids is 1. The Labute approximate surface area is 97.1 Å². The van der Waals surface area contributed by atoms with Gasteiger partial charge in [-0.3, -0.25) is 0 Å². The average molecular weight is 320 g/mol. The van der Waals surface area contributed by atoms with E-state index in [1.807, 2.05) is 22.6 Å². The SMILES string of the molecule is O=C(O)c1sc2ccc(O)cc2c1I. The van der Waals surface area contributed by atoms with E-state index < -0.39 is 5.97 Å². The van der Waals surface area contributed by atoms with E-state index in [1.54, 1.807) is 18.2 Å². The van der Waals surface area contributed by atoms with Crippen LogP contribution in [0.5, 0.6) is 5.75 Å². The number of carboxylic acid groups (broad SMARTS) is 1. The van der Waals surface area contributed by atoms with Gasteiger partial charge in [-0.1, -0.05) is 0 Å². The standard InChI is InChI=1S/C9H5IO3S/c10-7-5-3-4(11)1-2-6(5)14-8(7)9(12)13/h1-3,11H,(H,12,13). The molecular weight excluding hydrogens is 315 g/mol. The summed E-state index contributed by atoms with van der Waals surface area (Å²) < 4.78 is 1.57. The molecule has 3 nitrogen and oxygen atoms in total. The van der Waals surface area contributed by atoms with Crippen LogP contribution in [-0.4, -0.2) is 16.2 Å². The molecule has 0 amide bonds.